The lowest BCUT2D eigenvalue weighted by Gasteiger charge is -2.28. The SMILES string of the molecule is O=C(NC1CCN(c2nccc(-c3ccc4ccccc4c3)n2)C1)N1CCOCC1. The molecule has 30 heavy (non-hydrogen) atoms. The average molecular weight is 403 g/mol. The van der Waals surface area contributed by atoms with Gasteiger partial charge in [-0.1, -0.05) is 36.4 Å². The monoisotopic (exact) mass is 403 g/mol. The first-order valence-corrected chi connectivity index (χ1v) is 10.5. The normalized spacial score (nSPS) is 19.3. The van der Waals surface area contributed by atoms with Crippen LogP contribution in [0.2, 0.25) is 0 Å². The number of rotatable bonds is 3. The Hall–Kier alpha value is -3.19. The first-order valence-electron chi connectivity index (χ1n) is 10.5. The van der Waals surface area contributed by atoms with Crippen LogP contribution in [0.5, 0.6) is 0 Å². The number of carbonyl (C=O) groups is 1. The Morgan fingerprint density at radius 1 is 1.03 bits per heavy atom. The molecule has 0 radical (unpaired) electrons. The predicted octanol–water partition coefficient (Wildman–Crippen LogP) is 2.92. The molecule has 2 aliphatic heterocycles. The van der Waals surface area contributed by atoms with E-state index in [1.54, 1.807) is 0 Å². The van der Waals surface area contributed by atoms with Crippen LogP contribution in [0.15, 0.2) is 54.7 Å². The molecule has 2 aliphatic rings. The second-order valence-corrected chi connectivity index (χ2v) is 7.78. The minimum absolute atomic E-state index is 0.00372. The Morgan fingerprint density at radius 2 is 1.87 bits per heavy atom. The van der Waals surface area contributed by atoms with E-state index in [9.17, 15) is 4.79 Å². The van der Waals surface area contributed by atoms with Crippen molar-refractivity contribution in [2.75, 3.05) is 44.3 Å². The third kappa shape index (κ3) is 3.93. The van der Waals surface area contributed by atoms with Gasteiger partial charge in [-0.3, -0.25) is 0 Å². The lowest BCUT2D eigenvalue weighted by molar-refractivity contribution is 0.0526. The number of nitrogens with zero attached hydrogens (tertiary/aromatic N) is 4. The molecule has 1 aromatic heterocycles. The van der Waals surface area contributed by atoms with Crippen molar-refractivity contribution in [1.82, 2.24) is 20.2 Å². The number of aromatic nitrogens is 2. The number of nitrogens with one attached hydrogen (secondary N) is 1. The van der Waals surface area contributed by atoms with Crippen LogP contribution in [0.1, 0.15) is 6.42 Å². The summed E-state index contributed by atoms with van der Waals surface area (Å²) in [6.07, 6.45) is 2.70. The first-order chi connectivity index (χ1) is 14.8. The van der Waals surface area contributed by atoms with Crippen LogP contribution in [0.25, 0.3) is 22.0 Å². The fraction of sp³-hybridized carbons (Fsp3) is 0.348. The first kappa shape index (κ1) is 18.8. The van der Waals surface area contributed by atoms with Gasteiger partial charge in [-0.05, 0) is 29.3 Å². The van der Waals surface area contributed by atoms with Crippen molar-refractivity contribution in [3.05, 3.63) is 54.7 Å². The molecule has 5 rings (SSSR count). The summed E-state index contributed by atoms with van der Waals surface area (Å²) in [5, 5.41) is 5.56. The quantitative estimate of drug-likeness (QED) is 0.728. The van der Waals surface area contributed by atoms with E-state index in [-0.39, 0.29) is 12.1 Å². The second kappa shape index (κ2) is 8.28. The maximum Gasteiger partial charge on any atom is 0.317 e. The smallest absolute Gasteiger partial charge is 0.317 e. The predicted molar refractivity (Wildman–Crippen MR) is 117 cm³/mol. The molecule has 1 atom stereocenters. The minimum Gasteiger partial charge on any atom is -0.378 e. The molecule has 1 N–H and O–H groups in total. The summed E-state index contributed by atoms with van der Waals surface area (Å²) < 4.78 is 5.32. The van der Waals surface area contributed by atoms with E-state index < -0.39 is 0 Å². The molecule has 3 aromatic rings. The number of ether oxygens (including phenoxy) is 1. The Morgan fingerprint density at radius 3 is 2.73 bits per heavy atom. The van der Waals surface area contributed by atoms with Crippen molar-refractivity contribution in [3.63, 3.8) is 0 Å². The Bertz CT molecular complexity index is 1050. The standard InChI is InChI=1S/C23H25N5O2/c29-23(27-11-13-30-14-12-27)25-20-8-10-28(16-20)22-24-9-7-21(26-22)19-6-5-17-3-1-2-4-18(17)15-19/h1-7,9,15,20H,8,10-14,16H2,(H,25,29). The number of hydrogen-bond acceptors (Lipinski definition) is 5. The molecule has 0 saturated carbocycles. The van der Waals surface area contributed by atoms with Gasteiger partial charge in [0.1, 0.15) is 0 Å². The zero-order valence-electron chi connectivity index (χ0n) is 16.8. The van der Waals surface area contributed by atoms with E-state index in [0.29, 0.717) is 32.3 Å². The molecule has 154 valence electrons. The van der Waals surface area contributed by atoms with Crippen molar-refractivity contribution in [2.45, 2.75) is 12.5 Å². The van der Waals surface area contributed by atoms with Gasteiger partial charge in [0.25, 0.3) is 0 Å². The molecule has 0 aliphatic carbocycles. The highest BCUT2D eigenvalue weighted by atomic mass is 16.5. The maximum atomic E-state index is 12.5. The van der Waals surface area contributed by atoms with E-state index in [1.807, 2.05) is 29.3 Å². The summed E-state index contributed by atoms with van der Waals surface area (Å²) in [5.74, 6) is 0.712. The van der Waals surface area contributed by atoms with Gasteiger partial charge in [-0.2, -0.15) is 0 Å². The average Bonchev–Trinajstić information content (AvgIpc) is 3.28. The van der Waals surface area contributed by atoms with Gasteiger partial charge in [-0.25, -0.2) is 14.8 Å². The number of benzene rings is 2. The lowest BCUT2D eigenvalue weighted by atomic mass is 10.1. The maximum absolute atomic E-state index is 12.5. The highest BCUT2D eigenvalue weighted by Gasteiger charge is 2.27. The van der Waals surface area contributed by atoms with Crippen LogP contribution in [-0.2, 0) is 4.74 Å². The number of amides is 2. The van der Waals surface area contributed by atoms with Crippen molar-refractivity contribution < 1.29 is 9.53 Å². The Kier molecular flexibility index (Phi) is 5.19. The van der Waals surface area contributed by atoms with Crippen molar-refractivity contribution in [3.8, 4) is 11.3 Å². The summed E-state index contributed by atoms with van der Waals surface area (Å²) >= 11 is 0. The number of fused-ring (bicyclic) bond motifs is 1. The van der Waals surface area contributed by atoms with E-state index in [1.165, 1.54) is 10.8 Å². The molecule has 2 aromatic carbocycles. The molecule has 2 fully saturated rings. The Labute approximate surface area is 175 Å². The number of morpholine rings is 1. The molecule has 0 bridgehead atoms. The van der Waals surface area contributed by atoms with Crippen LogP contribution in [-0.4, -0.2) is 66.3 Å². The molecular formula is C23H25N5O2. The van der Waals surface area contributed by atoms with Crippen LogP contribution < -0.4 is 10.2 Å². The summed E-state index contributed by atoms with van der Waals surface area (Å²) in [6.45, 7) is 4.07. The largest absolute Gasteiger partial charge is 0.378 e. The molecule has 7 nitrogen and oxygen atoms in total. The fourth-order valence-corrected chi connectivity index (χ4v) is 4.10. The summed E-state index contributed by atoms with van der Waals surface area (Å²) in [4.78, 5) is 25.7. The molecule has 2 amide bonds. The minimum atomic E-state index is -0.00372. The van der Waals surface area contributed by atoms with Crippen LogP contribution >= 0.6 is 0 Å². The van der Waals surface area contributed by atoms with Gasteiger partial charge in [0.2, 0.25) is 5.95 Å². The lowest BCUT2D eigenvalue weighted by Crippen LogP contribution is -2.49. The van der Waals surface area contributed by atoms with Gasteiger partial charge in [0.15, 0.2) is 0 Å². The van der Waals surface area contributed by atoms with Crippen molar-refractivity contribution in [2.24, 2.45) is 0 Å². The van der Waals surface area contributed by atoms with Gasteiger partial charge >= 0.3 is 6.03 Å². The molecule has 3 heterocycles. The molecule has 0 spiro atoms. The fourth-order valence-electron chi connectivity index (χ4n) is 4.10. The molecule has 7 heteroatoms. The van der Waals surface area contributed by atoms with E-state index >= 15 is 0 Å². The molecule has 1 unspecified atom stereocenters. The third-order valence-electron chi connectivity index (χ3n) is 5.79. The molecular weight excluding hydrogens is 378 g/mol. The number of carbonyl (C=O) groups excluding carboxylic acids is 1. The van der Waals surface area contributed by atoms with E-state index in [2.05, 4.69) is 45.5 Å². The van der Waals surface area contributed by atoms with Crippen molar-refractivity contribution >= 4 is 22.8 Å². The van der Waals surface area contributed by atoms with Gasteiger partial charge < -0.3 is 19.9 Å². The van der Waals surface area contributed by atoms with E-state index in [0.717, 1.165) is 30.8 Å². The summed E-state index contributed by atoms with van der Waals surface area (Å²) in [6, 6.07) is 16.8. The van der Waals surface area contributed by atoms with Crippen LogP contribution in [0.4, 0.5) is 10.7 Å². The number of hydrogen-bond donors (Lipinski definition) is 1. The van der Waals surface area contributed by atoms with E-state index in [4.69, 9.17) is 9.72 Å². The second-order valence-electron chi connectivity index (χ2n) is 7.78. The number of anilines is 1. The summed E-state index contributed by atoms with van der Waals surface area (Å²) in [5.41, 5.74) is 1.99. The third-order valence-corrected chi connectivity index (χ3v) is 5.79. The van der Waals surface area contributed by atoms with Crippen molar-refractivity contribution in [1.29, 1.82) is 0 Å². The van der Waals surface area contributed by atoms with Gasteiger partial charge in [0, 0.05) is 44.0 Å². The van der Waals surface area contributed by atoms with Gasteiger partial charge in [-0.15, -0.1) is 0 Å². The zero-order chi connectivity index (χ0) is 20.3. The highest BCUT2D eigenvalue weighted by molar-refractivity contribution is 5.86. The van der Waals surface area contributed by atoms with Crippen LogP contribution in [0.3, 0.4) is 0 Å². The molecule has 2 saturated heterocycles. The van der Waals surface area contributed by atoms with Crippen LogP contribution in [0, 0.1) is 0 Å². The zero-order valence-corrected chi connectivity index (χ0v) is 16.8. The highest BCUT2D eigenvalue weighted by Crippen LogP contribution is 2.25. The topological polar surface area (TPSA) is 70.6 Å². The summed E-state index contributed by atoms with van der Waals surface area (Å²) in [7, 11) is 0. The Balaban J connectivity index is 1.28. The number of urea groups is 1. The van der Waals surface area contributed by atoms with Gasteiger partial charge in [0.05, 0.1) is 18.9 Å².